The van der Waals surface area contributed by atoms with Gasteiger partial charge >= 0.3 is 6.01 Å². The van der Waals surface area contributed by atoms with Gasteiger partial charge in [0.25, 0.3) is 0 Å². The fourth-order valence-electron chi connectivity index (χ4n) is 1.30. The summed E-state index contributed by atoms with van der Waals surface area (Å²) in [4.78, 5) is 1.78. The van der Waals surface area contributed by atoms with Gasteiger partial charge in [-0.2, -0.15) is 0 Å². The monoisotopic (exact) mass is 242 g/mol. The number of likely N-dealkylation sites (N-methyl/N-ethyl adjacent to an activating group) is 1. The molecule has 1 rings (SSSR count). The van der Waals surface area contributed by atoms with Crippen molar-refractivity contribution >= 4 is 6.01 Å². The van der Waals surface area contributed by atoms with E-state index < -0.39 is 5.54 Å². The van der Waals surface area contributed by atoms with Crippen molar-refractivity contribution in [2.45, 2.75) is 39.3 Å². The van der Waals surface area contributed by atoms with Crippen LogP contribution < -0.4 is 10.2 Å². The molecule has 1 heterocycles. The zero-order valence-corrected chi connectivity index (χ0v) is 11.2. The highest BCUT2D eigenvalue weighted by Crippen LogP contribution is 2.22. The summed E-state index contributed by atoms with van der Waals surface area (Å²) in [6.45, 7) is 8.67. The first-order chi connectivity index (χ1) is 7.92. The Kier molecular flexibility index (Phi) is 4.47. The second-order valence-electron chi connectivity index (χ2n) is 4.73. The molecule has 0 radical (unpaired) electrons. The molecule has 98 valence electrons. The van der Waals surface area contributed by atoms with E-state index in [0.717, 1.165) is 6.54 Å². The summed E-state index contributed by atoms with van der Waals surface area (Å²) in [5.74, 6) is 0.558. The maximum absolute atomic E-state index is 9.28. The van der Waals surface area contributed by atoms with Gasteiger partial charge in [-0.15, -0.1) is 5.10 Å². The first-order valence-electron chi connectivity index (χ1n) is 5.84. The summed E-state index contributed by atoms with van der Waals surface area (Å²) in [6.07, 6.45) is 0. The van der Waals surface area contributed by atoms with Crippen LogP contribution in [0.25, 0.3) is 0 Å². The van der Waals surface area contributed by atoms with E-state index in [9.17, 15) is 5.11 Å². The summed E-state index contributed by atoms with van der Waals surface area (Å²) in [5, 5.41) is 20.5. The predicted molar refractivity (Wildman–Crippen MR) is 66.0 cm³/mol. The van der Waals surface area contributed by atoms with Crippen LogP contribution >= 0.6 is 0 Å². The third-order valence-corrected chi connectivity index (χ3v) is 2.89. The third kappa shape index (κ3) is 3.17. The fraction of sp³-hybridized carbons (Fsp3) is 0.818. The zero-order chi connectivity index (χ0) is 13.1. The van der Waals surface area contributed by atoms with Gasteiger partial charge in [0, 0.05) is 7.05 Å². The smallest absolute Gasteiger partial charge is 0.318 e. The zero-order valence-electron chi connectivity index (χ0n) is 11.2. The minimum absolute atomic E-state index is 0.0178. The van der Waals surface area contributed by atoms with Crippen LogP contribution in [0.4, 0.5) is 6.01 Å². The molecule has 0 aliphatic rings. The Morgan fingerprint density at radius 3 is 2.65 bits per heavy atom. The molecule has 6 nitrogen and oxygen atoms in total. The van der Waals surface area contributed by atoms with Crippen LogP contribution in [0.15, 0.2) is 4.42 Å². The summed E-state index contributed by atoms with van der Waals surface area (Å²) < 4.78 is 5.58. The molecule has 1 atom stereocenters. The van der Waals surface area contributed by atoms with E-state index in [0.29, 0.717) is 11.9 Å². The molecule has 2 N–H and O–H groups in total. The number of nitrogens with zero attached hydrogens (tertiary/aromatic N) is 3. The largest absolute Gasteiger partial charge is 0.406 e. The standard InChI is InChI=1S/C11H22N4O2/c1-6-12-8(2)9-13-14-10(17-9)15(5)11(3,4)7-16/h8,12,16H,6-7H2,1-5H3. The summed E-state index contributed by atoms with van der Waals surface area (Å²) in [5.41, 5.74) is -0.425. The van der Waals surface area contributed by atoms with Crippen LogP contribution in [-0.2, 0) is 0 Å². The first-order valence-corrected chi connectivity index (χ1v) is 5.84. The molecule has 0 aromatic carbocycles. The highest BCUT2D eigenvalue weighted by molar-refractivity contribution is 5.28. The van der Waals surface area contributed by atoms with Crippen LogP contribution in [0.3, 0.4) is 0 Å². The second kappa shape index (κ2) is 5.46. The second-order valence-corrected chi connectivity index (χ2v) is 4.73. The Morgan fingerprint density at radius 1 is 1.47 bits per heavy atom. The summed E-state index contributed by atoms with van der Waals surface area (Å²) in [6, 6.07) is 0.454. The van der Waals surface area contributed by atoms with E-state index in [1.165, 1.54) is 0 Å². The van der Waals surface area contributed by atoms with E-state index in [4.69, 9.17) is 4.42 Å². The molecule has 1 aromatic rings. The fourth-order valence-corrected chi connectivity index (χ4v) is 1.30. The Bertz CT molecular complexity index is 351. The van der Waals surface area contributed by atoms with Crippen molar-refractivity contribution in [2.75, 3.05) is 25.1 Å². The molecular formula is C11H22N4O2. The molecular weight excluding hydrogens is 220 g/mol. The van der Waals surface area contributed by atoms with Crippen molar-refractivity contribution in [3.05, 3.63) is 5.89 Å². The van der Waals surface area contributed by atoms with Gasteiger partial charge in [0.2, 0.25) is 5.89 Å². The molecule has 6 heteroatoms. The normalized spacial score (nSPS) is 13.8. The van der Waals surface area contributed by atoms with Crippen molar-refractivity contribution in [1.82, 2.24) is 15.5 Å². The number of aliphatic hydroxyl groups is 1. The molecule has 1 unspecified atom stereocenters. The number of rotatable bonds is 6. The number of aliphatic hydroxyl groups excluding tert-OH is 1. The van der Waals surface area contributed by atoms with Crippen LogP contribution in [-0.4, -0.2) is 41.0 Å². The highest BCUT2D eigenvalue weighted by atomic mass is 16.4. The van der Waals surface area contributed by atoms with Gasteiger partial charge in [0.1, 0.15) is 0 Å². The molecule has 0 spiro atoms. The Morgan fingerprint density at radius 2 is 2.12 bits per heavy atom. The molecule has 0 fully saturated rings. The van der Waals surface area contributed by atoms with Gasteiger partial charge in [-0.25, -0.2) is 0 Å². The lowest BCUT2D eigenvalue weighted by molar-refractivity contribution is 0.211. The van der Waals surface area contributed by atoms with Gasteiger partial charge < -0.3 is 19.7 Å². The van der Waals surface area contributed by atoms with Gasteiger partial charge in [0.05, 0.1) is 18.2 Å². The number of hydrogen-bond acceptors (Lipinski definition) is 6. The Labute approximate surface area is 102 Å². The highest BCUT2D eigenvalue weighted by Gasteiger charge is 2.27. The third-order valence-electron chi connectivity index (χ3n) is 2.89. The van der Waals surface area contributed by atoms with Crippen LogP contribution in [0.1, 0.15) is 39.6 Å². The topological polar surface area (TPSA) is 74.4 Å². The molecule has 0 saturated carbocycles. The maximum atomic E-state index is 9.28. The Balaban J connectivity index is 2.80. The van der Waals surface area contributed by atoms with Crippen molar-refractivity contribution in [3.8, 4) is 0 Å². The summed E-state index contributed by atoms with van der Waals surface area (Å²) in [7, 11) is 1.82. The molecule has 0 amide bonds. The molecule has 0 aliphatic carbocycles. The van der Waals surface area contributed by atoms with Crippen molar-refractivity contribution in [3.63, 3.8) is 0 Å². The number of aromatic nitrogens is 2. The first kappa shape index (κ1) is 13.9. The van der Waals surface area contributed by atoms with Crippen molar-refractivity contribution in [2.24, 2.45) is 0 Å². The number of anilines is 1. The van der Waals surface area contributed by atoms with Crippen LogP contribution in [0, 0.1) is 0 Å². The van der Waals surface area contributed by atoms with E-state index in [2.05, 4.69) is 15.5 Å². The van der Waals surface area contributed by atoms with Crippen LogP contribution in [0.5, 0.6) is 0 Å². The lowest BCUT2D eigenvalue weighted by Gasteiger charge is -2.32. The average Bonchev–Trinajstić information content (AvgIpc) is 2.77. The predicted octanol–water partition coefficient (Wildman–Crippen LogP) is 0.947. The SMILES string of the molecule is CCNC(C)c1nnc(N(C)C(C)(C)CO)o1. The van der Waals surface area contributed by atoms with Crippen molar-refractivity contribution < 1.29 is 9.52 Å². The molecule has 0 bridgehead atoms. The minimum Gasteiger partial charge on any atom is -0.406 e. The molecule has 1 aromatic heterocycles. The van der Waals surface area contributed by atoms with E-state index in [1.807, 2.05) is 34.7 Å². The van der Waals surface area contributed by atoms with Gasteiger partial charge in [0.15, 0.2) is 0 Å². The van der Waals surface area contributed by atoms with Gasteiger partial charge in [-0.05, 0) is 27.3 Å². The quantitative estimate of drug-likeness (QED) is 0.773. The van der Waals surface area contributed by atoms with Gasteiger partial charge in [-0.1, -0.05) is 12.0 Å². The molecule has 0 saturated heterocycles. The Hall–Kier alpha value is -1.14. The van der Waals surface area contributed by atoms with E-state index in [1.54, 1.807) is 4.90 Å². The van der Waals surface area contributed by atoms with E-state index >= 15 is 0 Å². The van der Waals surface area contributed by atoms with E-state index in [-0.39, 0.29) is 12.6 Å². The van der Waals surface area contributed by atoms with Crippen molar-refractivity contribution in [1.29, 1.82) is 0 Å². The van der Waals surface area contributed by atoms with Crippen LogP contribution in [0.2, 0.25) is 0 Å². The maximum Gasteiger partial charge on any atom is 0.318 e. The molecule has 17 heavy (non-hydrogen) atoms. The molecule has 0 aliphatic heterocycles. The lowest BCUT2D eigenvalue weighted by atomic mass is 10.1. The average molecular weight is 242 g/mol. The number of hydrogen-bond donors (Lipinski definition) is 2. The number of nitrogens with one attached hydrogen (secondary N) is 1. The summed E-state index contributed by atoms with van der Waals surface area (Å²) >= 11 is 0. The minimum atomic E-state index is -0.425. The lowest BCUT2D eigenvalue weighted by Crippen LogP contribution is -2.44. The van der Waals surface area contributed by atoms with Gasteiger partial charge in [-0.3, -0.25) is 0 Å².